The summed E-state index contributed by atoms with van der Waals surface area (Å²) < 4.78 is 40.1. The van der Waals surface area contributed by atoms with Crippen molar-refractivity contribution in [2.24, 2.45) is 7.05 Å². The molecule has 1 fully saturated rings. The van der Waals surface area contributed by atoms with Gasteiger partial charge in [-0.2, -0.15) is 13.2 Å². The Labute approximate surface area is 193 Å². The first-order valence-corrected chi connectivity index (χ1v) is 10.9. The van der Waals surface area contributed by atoms with Gasteiger partial charge >= 0.3 is 12.2 Å². The molecule has 0 unspecified atom stereocenters. The highest BCUT2D eigenvalue weighted by Gasteiger charge is 2.33. The molecule has 0 spiro atoms. The molecule has 4 rings (SSSR count). The van der Waals surface area contributed by atoms with E-state index in [1.807, 2.05) is 13.2 Å². The van der Waals surface area contributed by atoms with E-state index in [1.165, 1.54) is 11.9 Å². The third kappa shape index (κ3) is 4.57. The van der Waals surface area contributed by atoms with Crippen molar-refractivity contribution in [2.45, 2.75) is 43.8 Å². The summed E-state index contributed by atoms with van der Waals surface area (Å²) in [7, 11) is 4.62. The van der Waals surface area contributed by atoms with Crippen LogP contribution in [0.4, 0.5) is 29.3 Å². The van der Waals surface area contributed by atoms with Crippen LogP contribution in [-0.2, 0) is 13.2 Å². The summed E-state index contributed by atoms with van der Waals surface area (Å²) in [5.74, 6) is 0.194. The Morgan fingerprint density at radius 2 is 1.94 bits per heavy atom. The number of aryl methyl sites for hydroxylation is 1. The molecule has 34 heavy (non-hydrogen) atoms. The highest BCUT2D eigenvalue weighted by molar-refractivity contribution is 5.89. The van der Waals surface area contributed by atoms with Crippen LogP contribution in [0.1, 0.15) is 42.9 Å². The number of halogens is 3. The lowest BCUT2D eigenvalue weighted by Crippen LogP contribution is -2.42. The molecule has 9 nitrogen and oxygen atoms in total. The molecule has 182 valence electrons. The molecule has 12 heteroatoms. The normalized spacial score (nSPS) is 18.6. The molecule has 0 aromatic carbocycles. The number of hydrogen-bond donors (Lipinski definition) is 3. The molecule has 0 saturated heterocycles. The van der Waals surface area contributed by atoms with Crippen LogP contribution < -0.4 is 16.2 Å². The minimum Gasteiger partial charge on any atom is -0.385 e. The van der Waals surface area contributed by atoms with Gasteiger partial charge < -0.3 is 25.1 Å². The first-order chi connectivity index (χ1) is 16.1. The third-order valence-electron chi connectivity index (χ3n) is 6.40. The van der Waals surface area contributed by atoms with Gasteiger partial charge in [0.25, 0.3) is 5.56 Å². The zero-order valence-corrected chi connectivity index (χ0v) is 19.0. The van der Waals surface area contributed by atoms with Crippen LogP contribution in [0.25, 0.3) is 11.2 Å². The number of pyridine rings is 1. The summed E-state index contributed by atoms with van der Waals surface area (Å²) >= 11 is 0. The number of alkyl halides is 3. The average Bonchev–Trinajstić information content (AvgIpc) is 3.23. The molecule has 3 heterocycles. The van der Waals surface area contributed by atoms with Crippen LogP contribution in [0.5, 0.6) is 0 Å². The predicted molar refractivity (Wildman–Crippen MR) is 122 cm³/mol. The van der Waals surface area contributed by atoms with Gasteiger partial charge in [0.1, 0.15) is 11.2 Å². The SMILES string of the molecule is CNc1c[nH]c2ncc([C@H]3CC[C@H](N(C)C(=O)Nc4cc(C(F)(F)F)cn(C)c4=O)CC3)nc12. The smallest absolute Gasteiger partial charge is 0.385 e. The van der Waals surface area contributed by atoms with Gasteiger partial charge in [-0.1, -0.05) is 0 Å². The monoisotopic (exact) mass is 477 g/mol. The van der Waals surface area contributed by atoms with Crippen molar-refractivity contribution in [1.82, 2.24) is 24.4 Å². The standard InChI is InChI=1S/C22H26F3N7O2/c1-26-17-10-28-19-18(17)29-16(9-27-19)12-4-6-14(7-5-12)32(3)21(34)30-15-8-13(22(23,24)25)11-31(2)20(15)33/h8-12,14,26H,4-7H2,1-3H3,(H,27,28)(H,30,34)/t12-,14-. The Hall–Kier alpha value is -3.57. The fourth-order valence-electron chi connectivity index (χ4n) is 4.38. The van der Waals surface area contributed by atoms with Crippen LogP contribution in [0.3, 0.4) is 0 Å². The molecular weight excluding hydrogens is 451 g/mol. The number of H-pyrrole nitrogens is 1. The third-order valence-corrected chi connectivity index (χ3v) is 6.40. The summed E-state index contributed by atoms with van der Waals surface area (Å²) in [5, 5.41) is 5.44. The number of hydrogen-bond acceptors (Lipinski definition) is 5. The van der Waals surface area contributed by atoms with Crippen LogP contribution in [0.2, 0.25) is 0 Å². The maximum absolute atomic E-state index is 13.1. The summed E-state index contributed by atoms with van der Waals surface area (Å²) in [6.45, 7) is 0. The van der Waals surface area contributed by atoms with Crippen molar-refractivity contribution in [1.29, 1.82) is 0 Å². The topological polar surface area (TPSA) is 108 Å². The molecule has 3 aromatic rings. The van der Waals surface area contributed by atoms with E-state index in [9.17, 15) is 22.8 Å². The zero-order chi connectivity index (χ0) is 24.6. The van der Waals surface area contributed by atoms with Gasteiger partial charge in [-0.05, 0) is 31.7 Å². The van der Waals surface area contributed by atoms with E-state index < -0.39 is 29.0 Å². The van der Waals surface area contributed by atoms with E-state index in [2.05, 4.69) is 20.6 Å². The zero-order valence-electron chi connectivity index (χ0n) is 19.0. The molecule has 1 aliphatic rings. The van der Waals surface area contributed by atoms with Crippen molar-refractivity contribution >= 4 is 28.6 Å². The van der Waals surface area contributed by atoms with Crippen LogP contribution in [0, 0.1) is 0 Å². The highest BCUT2D eigenvalue weighted by Crippen LogP contribution is 2.35. The minimum absolute atomic E-state index is 0.109. The molecule has 3 N–H and O–H groups in total. The average molecular weight is 477 g/mol. The number of rotatable bonds is 4. The van der Waals surface area contributed by atoms with Gasteiger partial charge in [0.05, 0.1) is 23.1 Å². The van der Waals surface area contributed by atoms with E-state index >= 15 is 0 Å². The fraction of sp³-hybridized carbons (Fsp3) is 0.455. The number of urea groups is 1. The molecule has 0 atom stereocenters. The second-order valence-electron chi connectivity index (χ2n) is 8.55. The second-order valence-corrected chi connectivity index (χ2v) is 8.55. The number of nitrogens with zero attached hydrogens (tertiary/aromatic N) is 4. The second kappa shape index (κ2) is 8.99. The van der Waals surface area contributed by atoms with E-state index in [4.69, 9.17) is 4.98 Å². The Morgan fingerprint density at radius 3 is 2.59 bits per heavy atom. The van der Waals surface area contributed by atoms with Gasteiger partial charge in [0.15, 0.2) is 5.65 Å². The maximum atomic E-state index is 13.1. The Bertz CT molecular complexity index is 1260. The summed E-state index contributed by atoms with van der Waals surface area (Å²) in [6, 6.07) is -0.0602. The number of anilines is 2. The number of fused-ring (bicyclic) bond motifs is 1. The molecule has 0 bridgehead atoms. The number of aromatic nitrogens is 4. The van der Waals surface area contributed by atoms with Crippen molar-refractivity contribution < 1.29 is 18.0 Å². The number of carbonyl (C=O) groups excluding carboxylic acids is 1. The molecule has 1 aliphatic carbocycles. The van der Waals surface area contributed by atoms with E-state index in [1.54, 1.807) is 13.2 Å². The van der Waals surface area contributed by atoms with Crippen molar-refractivity contribution in [3.63, 3.8) is 0 Å². The fourth-order valence-corrected chi connectivity index (χ4v) is 4.38. The minimum atomic E-state index is -4.63. The number of carbonyl (C=O) groups is 1. The van der Waals surface area contributed by atoms with Crippen molar-refractivity contribution in [3.8, 4) is 0 Å². The van der Waals surface area contributed by atoms with Gasteiger partial charge in [-0.3, -0.25) is 4.79 Å². The summed E-state index contributed by atoms with van der Waals surface area (Å²) in [5.41, 5.74) is 1.13. The number of aromatic amines is 1. The molecule has 0 radical (unpaired) electrons. The highest BCUT2D eigenvalue weighted by atomic mass is 19.4. The molecule has 3 aromatic heterocycles. The lowest BCUT2D eigenvalue weighted by Gasteiger charge is -2.34. The number of amides is 2. The Kier molecular flexibility index (Phi) is 6.24. The maximum Gasteiger partial charge on any atom is 0.417 e. The van der Waals surface area contributed by atoms with E-state index in [0.29, 0.717) is 30.8 Å². The van der Waals surface area contributed by atoms with Crippen LogP contribution in [0.15, 0.2) is 29.5 Å². The molecular formula is C22H26F3N7O2. The van der Waals surface area contributed by atoms with E-state index in [0.717, 1.165) is 34.3 Å². The Balaban J connectivity index is 1.42. The first-order valence-electron chi connectivity index (χ1n) is 10.9. The van der Waals surface area contributed by atoms with Gasteiger partial charge in [0.2, 0.25) is 0 Å². The van der Waals surface area contributed by atoms with E-state index in [-0.39, 0.29) is 12.0 Å². The molecule has 0 aliphatic heterocycles. The van der Waals surface area contributed by atoms with Crippen LogP contribution >= 0.6 is 0 Å². The summed E-state index contributed by atoms with van der Waals surface area (Å²) in [4.78, 5) is 38.7. The lowest BCUT2D eigenvalue weighted by atomic mass is 9.83. The largest absolute Gasteiger partial charge is 0.417 e. The van der Waals surface area contributed by atoms with Gasteiger partial charge in [-0.25, -0.2) is 14.8 Å². The van der Waals surface area contributed by atoms with Gasteiger partial charge in [-0.15, -0.1) is 0 Å². The van der Waals surface area contributed by atoms with Crippen LogP contribution in [-0.4, -0.2) is 50.6 Å². The Morgan fingerprint density at radius 1 is 1.24 bits per heavy atom. The summed E-state index contributed by atoms with van der Waals surface area (Å²) in [6.07, 6.45) is 2.62. The predicted octanol–water partition coefficient (Wildman–Crippen LogP) is 3.91. The van der Waals surface area contributed by atoms with Gasteiger partial charge in [0, 0.05) is 45.5 Å². The lowest BCUT2D eigenvalue weighted by molar-refractivity contribution is -0.138. The van der Waals surface area contributed by atoms with Crippen molar-refractivity contribution in [2.75, 3.05) is 24.7 Å². The first kappa shape index (κ1) is 23.6. The van der Waals surface area contributed by atoms with Crippen molar-refractivity contribution in [3.05, 3.63) is 46.3 Å². The quantitative estimate of drug-likeness (QED) is 0.528. The molecule has 1 saturated carbocycles. The number of nitrogens with one attached hydrogen (secondary N) is 3. The molecule has 2 amide bonds.